The molecule has 21 heavy (non-hydrogen) atoms. The van der Waals surface area contributed by atoms with Gasteiger partial charge in [-0.15, -0.1) is 0 Å². The highest BCUT2D eigenvalue weighted by Gasteiger charge is 2.45. The van der Waals surface area contributed by atoms with Gasteiger partial charge in [-0.05, 0) is 30.5 Å². The Balaban J connectivity index is 2.02. The molecule has 0 aliphatic heterocycles. The Labute approximate surface area is 124 Å². The van der Waals surface area contributed by atoms with Crippen LogP contribution in [0.3, 0.4) is 0 Å². The smallest absolute Gasteiger partial charge is 0.234 e. The Morgan fingerprint density at radius 2 is 2.00 bits per heavy atom. The number of rotatable bonds is 5. The Hall–Kier alpha value is -2.24. The minimum atomic E-state index is -0.860. The first kappa shape index (κ1) is 15.2. The summed E-state index contributed by atoms with van der Waals surface area (Å²) in [4.78, 5) is 12.5. The van der Waals surface area contributed by atoms with Crippen molar-refractivity contribution >= 4 is 11.7 Å². The zero-order chi connectivity index (χ0) is 15.3. The van der Waals surface area contributed by atoms with Crippen molar-refractivity contribution in [3.05, 3.63) is 29.8 Å². The molecule has 4 N–H and O–H groups in total. The first-order valence-electron chi connectivity index (χ1n) is 7.01. The molecule has 6 nitrogen and oxygen atoms in total. The largest absolute Gasteiger partial charge is 0.497 e. The average molecular weight is 291 g/mol. The molecule has 1 fully saturated rings. The number of methoxy groups -OCH3 is 1. The van der Waals surface area contributed by atoms with Crippen molar-refractivity contribution < 1.29 is 14.7 Å². The number of ether oxygens (including phenoxy) is 1. The van der Waals surface area contributed by atoms with Gasteiger partial charge in [0.1, 0.15) is 11.2 Å². The fourth-order valence-corrected chi connectivity index (χ4v) is 2.77. The number of hydrogen-bond acceptors (Lipinski definition) is 4. The van der Waals surface area contributed by atoms with E-state index in [0.29, 0.717) is 19.4 Å². The molecule has 1 saturated carbocycles. The molecule has 0 heterocycles. The van der Waals surface area contributed by atoms with Gasteiger partial charge in [0.15, 0.2) is 5.84 Å². The van der Waals surface area contributed by atoms with Crippen molar-refractivity contribution in [1.29, 1.82) is 0 Å². The van der Waals surface area contributed by atoms with E-state index in [1.165, 1.54) is 0 Å². The van der Waals surface area contributed by atoms with Gasteiger partial charge in [-0.1, -0.05) is 30.1 Å². The summed E-state index contributed by atoms with van der Waals surface area (Å²) < 4.78 is 5.09. The predicted octanol–water partition coefficient (Wildman–Crippen LogP) is 1.62. The van der Waals surface area contributed by atoms with Crippen LogP contribution >= 0.6 is 0 Å². The van der Waals surface area contributed by atoms with Crippen LogP contribution in [0.2, 0.25) is 0 Å². The Bertz CT molecular complexity index is 519. The number of carbonyl (C=O) groups is 1. The van der Waals surface area contributed by atoms with Crippen molar-refractivity contribution in [2.24, 2.45) is 16.3 Å². The molecule has 0 spiro atoms. The average Bonchev–Trinajstić information content (AvgIpc) is 3.03. The molecular formula is C15H21N3O3. The molecule has 1 aromatic rings. The molecule has 1 aliphatic rings. The highest BCUT2D eigenvalue weighted by molar-refractivity contribution is 6.07. The molecule has 6 heteroatoms. The van der Waals surface area contributed by atoms with E-state index >= 15 is 0 Å². The highest BCUT2D eigenvalue weighted by Crippen LogP contribution is 2.38. The van der Waals surface area contributed by atoms with Crippen molar-refractivity contribution in [3.63, 3.8) is 0 Å². The number of nitrogens with two attached hydrogens (primary N) is 1. The van der Waals surface area contributed by atoms with E-state index in [2.05, 4.69) is 10.5 Å². The Morgan fingerprint density at radius 1 is 1.38 bits per heavy atom. The molecule has 1 aromatic carbocycles. The second-order valence-electron chi connectivity index (χ2n) is 5.31. The molecule has 1 aliphatic carbocycles. The zero-order valence-electron chi connectivity index (χ0n) is 12.1. The summed E-state index contributed by atoms with van der Waals surface area (Å²) in [6.07, 6.45) is 3.06. The van der Waals surface area contributed by atoms with Crippen LogP contribution in [0, 0.1) is 5.41 Å². The molecule has 0 unspecified atom stereocenters. The molecule has 114 valence electrons. The van der Waals surface area contributed by atoms with Crippen LogP contribution in [-0.2, 0) is 11.3 Å². The van der Waals surface area contributed by atoms with E-state index in [0.717, 1.165) is 24.2 Å². The van der Waals surface area contributed by atoms with Crippen molar-refractivity contribution in [3.8, 4) is 5.75 Å². The molecule has 0 radical (unpaired) electrons. The number of oxime groups is 1. The first-order valence-corrected chi connectivity index (χ1v) is 7.01. The topological polar surface area (TPSA) is 96.9 Å². The third kappa shape index (κ3) is 3.09. The summed E-state index contributed by atoms with van der Waals surface area (Å²) in [5.74, 6) is 0.604. The van der Waals surface area contributed by atoms with Gasteiger partial charge in [-0.25, -0.2) is 0 Å². The summed E-state index contributed by atoms with van der Waals surface area (Å²) >= 11 is 0. The summed E-state index contributed by atoms with van der Waals surface area (Å²) in [7, 11) is 1.61. The predicted molar refractivity (Wildman–Crippen MR) is 79.2 cm³/mol. The third-order valence-corrected chi connectivity index (χ3v) is 4.10. The Morgan fingerprint density at radius 3 is 2.52 bits per heavy atom. The second-order valence-corrected chi connectivity index (χ2v) is 5.31. The zero-order valence-corrected chi connectivity index (χ0v) is 12.1. The maximum atomic E-state index is 12.5. The van der Waals surface area contributed by atoms with Crippen LogP contribution in [0.15, 0.2) is 29.4 Å². The summed E-state index contributed by atoms with van der Waals surface area (Å²) in [6, 6.07) is 7.47. The molecule has 1 amide bonds. The third-order valence-electron chi connectivity index (χ3n) is 4.10. The monoisotopic (exact) mass is 291 g/mol. The van der Waals surface area contributed by atoms with Gasteiger partial charge in [-0.3, -0.25) is 4.79 Å². The van der Waals surface area contributed by atoms with Crippen LogP contribution in [0.25, 0.3) is 0 Å². The van der Waals surface area contributed by atoms with Gasteiger partial charge in [0.05, 0.1) is 7.11 Å². The number of benzene rings is 1. The lowest BCUT2D eigenvalue weighted by Gasteiger charge is -2.26. The minimum absolute atomic E-state index is 0.00670. The van der Waals surface area contributed by atoms with Crippen LogP contribution in [0.4, 0.5) is 0 Å². The SMILES string of the molecule is COc1ccc(CNC(=O)C2(C(N)=NO)CCCC2)cc1. The summed E-state index contributed by atoms with van der Waals surface area (Å²) in [6.45, 7) is 0.406. The van der Waals surface area contributed by atoms with Crippen LogP contribution in [-0.4, -0.2) is 24.1 Å². The standard InChI is InChI=1S/C15H21N3O3/c1-21-12-6-4-11(5-7-12)10-17-14(19)15(13(16)18-20)8-2-3-9-15/h4-7,20H,2-3,8-10H2,1H3,(H2,16,18)(H,17,19). The minimum Gasteiger partial charge on any atom is -0.497 e. The normalized spacial score (nSPS) is 17.5. The number of amidine groups is 1. The number of amides is 1. The number of carbonyl (C=O) groups excluding carboxylic acids is 1. The van der Waals surface area contributed by atoms with E-state index < -0.39 is 5.41 Å². The lowest BCUT2D eigenvalue weighted by molar-refractivity contribution is -0.127. The van der Waals surface area contributed by atoms with Crippen LogP contribution in [0.5, 0.6) is 5.75 Å². The van der Waals surface area contributed by atoms with E-state index in [1.807, 2.05) is 24.3 Å². The van der Waals surface area contributed by atoms with E-state index in [1.54, 1.807) is 7.11 Å². The van der Waals surface area contributed by atoms with Crippen LogP contribution < -0.4 is 15.8 Å². The molecule has 0 aromatic heterocycles. The van der Waals surface area contributed by atoms with Gasteiger partial charge in [-0.2, -0.15) is 0 Å². The van der Waals surface area contributed by atoms with Gasteiger partial charge in [0.25, 0.3) is 0 Å². The highest BCUT2D eigenvalue weighted by atomic mass is 16.5. The lowest BCUT2D eigenvalue weighted by atomic mass is 9.83. The molecule has 0 saturated heterocycles. The van der Waals surface area contributed by atoms with Gasteiger partial charge >= 0.3 is 0 Å². The Kier molecular flexibility index (Phi) is 4.67. The number of nitrogens with one attached hydrogen (secondary N) is 1. The molecular weight excluding hydrogens is 270 g/mol. The van der Waals surface area contributed by atoms with Gasteiger partial charge < -0.3 is 21.0 Å². The van der Waals surface area contributed by atoms with Crippen LogP contribution in [0.1, 0.15) is 31.2 Å². The number of nitrogens with zero attached hydrogens (tertiary/aromatic N) is 1. The number of hydrogen-bond donors (Lipinski definition) is 3. The lowest BCUT2D eigenvalue weighted by Crippen LogP contribution is -2.48. The summed E-state index contributed by atoms with van der Waals surface area (Å²) in [5.41, 5.74) is 5.85. The van der Waals surface area contributed by atoms with Crippen molar-refractivity contribution in [2.45, 2.75) is 32.2 Å². The second kappa shape index (κ2) is 6.47. The summed E-state index contributed by atoms with van der Waals surface area (Å²) in [5, 5.41) is 14.9. The fourth-order valence-electron chi connectivity index (χ4n) is 2.77. The first-order chi connectivity index (χ1) is 10.1. The molecule has 0 atom stereocenters. The van der Waals surface area contributed by atoms with E-state index in [9.17, 15) is 4.79 Å². The van der Waals surface area contributed by atoms with Crippen molar-refractivity contribution in [2.75, 3.05) is 7.11 Å². The van der Waals surface area contributed by atoms with Gasteiger partial charge in [0, 0.05) is 6.54 Å². The van der Waals surface area contributed by atoms with E-state index in [-0.39, 0.29) is 11.7 Å². The molecule has 2 rings (SSSR count). The fraction of sp³-hybridized carbons (Fsp3) is 0.467. The maximum Gasteiger partial charge on any atom is 0.234 e. The van der Waals surface area contributed by atoms with Gasteiger partial charge in [0.2, 0.25) is 5.91 Å². The molecule has 0 bridgehead atoms. The van der Waals surface area contributed by atoms with Crippen molar-refractivity contribution in [1.82, 2.24) is 5.32 Å². The quantitative estimate of drug-likeness (QED) is 0.332. The maximum absolute atomic E-state index is 12.5. The van der Waals surface area contributed by atoms with E-state index in [4.69, 9.17) is 15.7 Å².